The minimum atomic E-state index is -0.309. The summed E-state index contributed by atoms with van der Waals surface area (Å²) in [7, 11) is 0. The van der Waals surface area contributed by atoms with Crippen LogP contribution in [0.1, 0.15) is 24.4 Å². The minimum absolute atomic E-state index is 0.0238. The number of ether oxygens (including phenoxy) is 2. The van der Waals surface area contributed by atoms with Crippen LogP contribution >= 0.6 is 11.3 Å². The van der Waals surface area contributed by atoms with E-state index in [-0.39, 0.29) is 18.7 Å². The average Bonchev–Trinajstić information content (AvgIpc) is 2.58. The Balaban J connectivity index is 2.13. The van der Waals surface area contributed by atoms with Crippen molar-refractivity contribution in [1.82, 2.24) is 4.98 Å². The van der Waals surface area contributed by atoms with E-state index in [9.17, 15) is 4.79 Å². The van der Waals surface area contributed by atoms with Crippen LogP contribution in [0.15, 0.2) is 5.51 Å². The van der Waals surface area contributed by atoms with Crippen molar-refractivity contribution < 1.29 is 14.3 Å². The minimum Gasteiger partial charge on any atom is -0.461 e. The third kappa shape index (κ3) is 4.72. The molecule has 0 aliphatic heterocycles. The van der Waals surface area contributed by atoms with Crippen LogP contribution in [0.5, 0.6) is 0 Å². The maximum absolute atomic E-state index is 11.1. The number of aryl methyl sites for hydroxylation is 1. The number of carbonyl (C=O) groups excluding carboxylic acids is 1. The van der Waals surface area contributed by atoms with Crippen LogP contribution in [-0.4, -0.2) is 30.3 Å². The van der Waals surface area contributed by atoms with Crippen LogP contribution in [0.3, 0.4) is 0 Å². The lowest BCUT2D eigenvalue weighted by Gasteiger charge is -2.07. The average molecular weight is 243 g/mol. The summed E-state index contributed by atoms with van der Waals surface area (Å²) >= 11 is 1.61. The molecule has 5 heteroatoms. The summed E-state index contributed by atoms with van der Waals surface area (Å²) < 4.78 is 10.2. The van der Waals surface area contributed by atoms with Crippen LogP contribution in [0.4, 0.5) is 0 Å². The second-order valence-electron chi connectivity index (χ2n) is 3.70. The van der Waals surface area contributed by atoms with Gasteiger partial charge in [0.1, 0.15) is 6.61 Å². The SMILES string of the molecule is Cc1ncsc1CCOCC(=O)OC(C)C. The molecule has 0 bridgehead atoms. The Kier molecular flexibility index (Phi) is 5.42. The fourth-order valence-electron chi connectivity index (χ4n) is 1.18. The molecule has 16 heavy (non-hydrogen) atoms. The van der Waals surface area contributed by atoms with Gasteiger partial charge in [-0.25, -0.2) is 9.78 Å². The number of rotatable bonds is 6. The number of esters is 1. The summed E-state index contributed by atoms with van der Waals surface area (Å²) in [5, 5.41) is 0. The fraction of sp³-hybridized carbons (Fsp3) is 0.636. The summed E-state index contributed by atoms with van der Waals surface area (Å²) in [6, 6.07) is 0. The van der Waals surface area contributed by atoms with E-state index in [2.05, 4.69) is 4.98 Å². The maximum Gasteiger partial charge on any atom is 0.332 e. The molecule has 0 spiro atoms. The van der Waals surface area contributed by atoms with E-state index in [1.807, 2.05) is 26.3 Å². The summed E-state index contributed by atoms with van der Waals surface area (Å²) in [5.74, 6) is -0.309. The van der Waals surface area contributed by atoms with Gasteiger partial charge in [0.15, 0.2) is 0 Å². The number of nitrogens with zero attached hydrogens (tertiary/aromatic N) is 1. The molecule has 0 radical (unpaired) electrons. The highest BCUT2D eigenvalue weighted by molar-refractivity contribution is 7.09. The first-order valence-corrected chi connectivity index (χ1v) is 6.13. The normalized spacial score (nSPS) is 10.8. The second kappa shape index (κ2) is 6.60. The van der Waals surface area contributed by atoms with Crippen molar-refractivity contribution in [2.75, 3.05) is 13.2 Å². The number of aromatic nitrogens is 1. The molecule has 1 aromatic rings. The lowest BCUT2D eigenvalue weighted by Crippen LogP contribution is -2.17. The molecule has 0 amide bonds. The predicted molar refractivity (Wildman–Crippen MR) is 62.6 cm³/mol. The topological polar surface area (TPSA) is 48.4 Å². The first-order chi connectivity index (χ1) is 7.59. The Morgan fingerprint density at radius 3 is 2.88 bits per heavy atom. The summed E-state index contributed by atoms with van der Waals surface area (Å²) in [6.45, 7) is 6.16. The van der Waals surface area contributed by atoms with Crippen molar-refractivity contribution >= 4 is 17.3 Å². The lowest BCUT2D eigenvalue weighted by molar-refractivity contribution is -0.152. The van der Waals surface area contributed by atoms with Crippen molar-refractivity contribution in [3.05, 3.63) is 16.1 Å². The van der Waals surface area contributed by atoms with E-state index in [0.29, 0.717) is 6.61 Å². The van der Waals surface area contributed by atoms with Gasteiger partial charge in [0.25, 0.3) is 0 Å². The Bertz CT molecular complexity index is 336. The number of thiazole rings is 1. The third-order valence-corrected chi connectivity index (χ3v) is 2.90. The molecule has 0 saturated carbocycles. The quantitative estimate of drug-likeness (QED) is 0.566. The molecule has 0 atom stereocenters. The standard InChI is InChI=1S/C11H17NO3S/c1-8(2)15-11(13)6-14-5-4-10-9(3)12-7-16-10/h7-8H,4-6H2,1-3H3. The summed E-state index contributed by atoms with van der Waals surface area (Å²) in [4.78, 5) is 16.5. The van der Waals surface area contributed by atoms with Gasteiger partial charge in [-0.3, -0.25) is 0 Å². The molecular weight excluding hydrogens is 226 g/mol. The molecule has 1 heterocycles. The smallest absolute Gasteiger partial charge is 0.332 e. The molecule has 0 saturated heterocycles. The molecule has 1 rings (SSSR count). The van der Waals surface area contributed by atoms with E-state index in [1.54, 1.807) is 11.3 Å². The van der Waals surface area contributed by atoms with Crippen LogP contribution in [0.2, 0.25) is 0 Å². The van der Waals surface area contributed by atoms with Crippen LogP contribution in [-0.2, 0) is 20.7 Å². The molecule has 0 N–H and O–H groups in total. The van der Waals surface area contributed by atoms with Crippen molar-refractivity contribution in [3.63, 3.8) is 0 Å². The van der Waals surface area contributed by atoms with Crippen LogP contribution in [0.25, 0.3) is 0 Å². The largest absolute Gasteiger partial charge is 0.461 e. The maximum atomic E-state index is 11.1. The van der Waals surface area contributed by atoms with Gasteiger partial charge in [-0.1, -0.05) is 0 Å². The molecule has 0 aromatic carbocycles. The molecule has 0 unspecified atom stereocenters. The first-order valence-electron chi connectivity index (χ1n) is 5.25. The van der Waals surface area contributed by atoms with E-state index < -0.39 is 0 Å². The van der Waals surface area contributed by atoms with Crippen LogP contribution in [0, 0.1) is 6.92 Å². The zero-order valence-corrected chi connectivity index (χ0v) is 10.7. The molecule has 4 nitrogen and oxygen atoms in total. The predicted octanol–water partition coefficient (Wildman–Crippen LogP) is 1.96. The van der Waals surface area contributed by atoms with Crippen LogP contribution < -0.4 is 0 Å². The Morgan fingerprint density at radius 1 is 1.56 bits per heavy atom. The zero-order valence-electron chi connectivity index (χ0n) is 9.86. The third-order valence-electron chi connectivity index (χ3n) is 1.91. The highest BCUT2D eigenvalue weighted by Crippen LogP contribution is 2.12. The van der Waals surface area contributed by atoms with Gasteiger partial charge in [0.05, 0.1) is 23.9 Å². The summed E-state index contributed by atoms with van der Waals surface area (Å²) in [6.07, 6.45) is 0.714. The monoisotopic (exact) mass is 243 g/mol. The molecule has 0 aliphatic rings. The lowest BCUT2D eigenvalue weighted by atomic mass is 10.3. The number of carbonyl (C=O) groups is 1. The Labute approximate surface area is 99.6 Å². The zero-order chi connectivity index (χ0) is 12.0. The number of hydrogen-bond acceptors (Lipinski definition) is 5. The fourth-order valence-corrected chi connectivity index (χ4v) is 1.95. The summed E-state index contributed by atoms with van der Waals surface area (Å²) in [5.41, 5.74) is 2.86. The van der Waals surface area contributed by atoms with Gasteiger partial charge >= 0.3 is 5.97 Å². The van der Waals surface area contributed by atoms with Gasteiger partial charge < -0.3 is 9.47 Å². The van der Waals surface area contributed by atoms with Gasteiger partial charge in [-0.2, -0.15) is 0 Å². The van der Waals surface area contributed by atoms with Crippen molar-refractivity contribution in [3.8, 4) is 0 Å². The van der Waals surface area contributed by atoms with E-state index >= 15 is 0 Å². The van der Waals surface area contributed by atoms with Crippen molar-refractivity contribution in [2.45, 2.75) is 33.3 Å². The highest BCUT2D eigenvalue weighted by atomic mass is 32.1. The molecule has 0 fully saturated rings. The molecule has 1 aromatic heterocycles. The molecular formula is C11H17NO3S. The molecule has 90 valence electrons. The van der Waals surface area contributed by atoms with Crippen molar-refractivity contribution in [1.29, 1.82) is 0 Å². The second-order valence-corrected chi connectivity index (χ2v) is 4.64. The first kappa shape index (κ1) is 13.1. The Hall–Kier alpha value is -0.940. The van der Waals surface area contributed by atoms with E-state index in [0.717, 1.165) is 12.1 Å². The van der Waals surface area contributed by atoms with Gasteiger partial charge in [-0.15, -0.1) is 11.3 Å². The van der Waals surface area contributed by atoms with Gasteiger partial charge in [0, 0.05) is 11.3 Å². The van der Waals surface area contributed by atoms with Gasteiger partial charge in [-0.05, 0) is 20.8 Å². The van der Waals surface area contributed by atoms with E-state index in [1.165, 1.54) is 4.88 Å². The Morgan fingerprint density at radius 2 is 2.31 bits per heavy atom. The van der Waals surface area contributed by atoms with Crippen molar-refractivity contribution in [2.24, 2.45) is 0 Å². The molecule has 0 aliphatic carbocycles. The number of hydrogen-bond donors (Lipinski definition) is 0. The highest BCUT2D eigenvalue weighted by Gasteiger charge is 2.06. The van der Waals surface area contributed by atoms with E-state index in [4.69, 9.17) is 9.47 Å². The van der Waals surface area contributed by atoms with Gasteiger partial charge in [0.2, 0.25) is 0 Å².